The number of hydrogen-bond acceptors (Lipinski definition) is 3. The van der Waals surface area contributed by atoms with Crippen LogP contribution in [0.4, 0.5) is 13.2 Å². The molecule has 1 saturated carbocycles. The van der Waals surface area contributed by atoms with Crippen LogP contribution in [0.3, 0.4) is 0 Å². The summed E-state index contributed by atoms with van der Waals surface area (Å²) in [5.74, 6) is -2.08. The summed E-state index contributed by atoms with van der Waals surface area (Å²) in [6.07, 6.45) is -4.54. The lowest BCUT2D eigenvalue weighted by atomic mass is 9.79. The number of aliphatic hydroxyl groups is 1. The molecule has 1 aliphatic rings. The number of ketones is 2. The minimum atomic E-state index is -4.53. The Morgan fingerprint density at radius 1 is 1.10 bits per heavy atom. The van der Waals surface area contributed by atoms with Crippen LogP contribution in [0.1, 0.15) is 29.9 Å². The fourth-order valence-electron chi connectivity index (χ4n) is 2.37. The van der Waals surface area contributed by atoms with E-state index in [2.05, 4.69) is 0 Å². The summed E-state index contributed by atoms with van der Waals surface area (Å²) >= 11 is 0. The Morgan fingerprint density at radius 2 is 1.65 bits per heavy atom. The topological polar surface area (TPSA) is 54.4 Å². The average molecular weight is 284 g/mol. The summed E-state index contributed by atoms with van der Waals surface area (Å²) in [5, 5.41) is 8.79. The minimum Gasteiger partial charge on any atom is -0.515 e. The predicted molar refractivity (Wildman–Crippen MR) is 64.1 cm³/mol. The number of allylic oxidation sites excluding steroid dienone is 1. The first-order valence-electron chi connectivity index (χ1n) is 5.91. The monoisotopic (exact) mass is 284 g/mol. The maximum atomic E-state index is 12.9. The van der Waals surface area contributed by atoms with E-state index in [-0.39, 0.29) is 24.0 Å². The molecule has 2 rings (SSSR count). The molecule has 0 radical (unpaired) electrons. The van der Waals surface area contributed by atoms with E-state index in [0.717, 1.165) is 6.07 Å². The van der Waals surface area contributed by atoms with Gasteiger partial charge in [0.25, 0.3) is 0 Å². The number of carbonyl (C=O) groups excluding carboxylic acids is 2. The number of halogens is 3. The van der Waals surface area contributed by atoms with E-state index in [9.17, 15) is 22.8 Å². The van der Waals surface area contributed by atoms with Crippen LogP contribution in [0.25, 0.3) is 0 Å². The van der Waals surface area contributed by atoms with Crippen molar-refractivity contribution in [2.24, 2.45) is 0 Å². The Hall–Kier alpha value is -2.11. The molecule has 1 N–H and O–H groups in total. The number of Topliss-reactive ketones (excluding diaryl/α,β-unsaturated/α-hetero) is 2. The molecule has 0 unspecified atom stereocenters. The lowest BCUT2D eigenvalue weighted by molar-refractivity contribution is -0.139. The van der Waals surface area contributed by atoms with E-state index in [1.165, 1.54) is 18.2 Å². The van der Waals surface area contributed by atoms with Crippen molar-refractivity contribution in [1.29, 1.82) is 0 Å². The van der Waals surface area contributed by atoms with Gasteiger partial charge in [0.15, 0.2) is 11.6 Å². The van der Waals surface area contributed by atoms with E-state index in [1.54, 1.807) is 0 Å². The second-order valence-electron chi connectivity index (χ2n) is 4.58. The van der Waals surface area contributed by atoms with Crippen molar-refractivity contribution in [2.45, 2.75) is 24.9 Å². The van der Waals surface area contributed by atoms with Crippen molar-refractivity contribution >= 4 is 11.6 Å². The summed E-state index contributed by atoms with van der Waals surface area (Å²) in [5.41, 5.74) is -1.23. The van der Waals surface area contributed by atoms with Crippen LogP contribution in [0.5, 0.6) is 0 Å². The van der Waals surface area contributed by atoms with E-state index in [0.29, 0.717) is 6.26 Å². The average Bonchev–Trinajstić information content (AvgIpc) is 2.37. The molecule has 106 valence electrons. The van der Waals surface area contributed by atoms with Crippen LogP contribution in [0, 0.1) is 0 Å². The lowest BCUT2D eigenvalue weighted by Gasteiger charge is -2.24. The summed E-state index contributed by atoms with van der Waals surface area (Å²) in [4.78, 5) is 23.3. The molecule has 0 spiro atoms. The van der Waals surface area contributed by atoms with Crippen molar-refractivity contribution in [2.75, 3.05) is 0 Å². The van der Waals surface area contributed by atoms with Crippen LogP contribution < -0.4 is 0 Å². The first-order valence-corrected chi connectivity index (χ1v) is 5.91. The Labute approximate surface area is 112 Å². The molecule has 1 fully saturated rings. The molecule has 1 aliphatic carbocycles. The maximum absolute atomic E-state index is 12.9. The zero-order valence-electron chi connectivity index (χ0n) is 10.3. The van der Waals surface area contributed by atoms with Gasteiger partial charge >= 0.3 is 6.18 Å². The molecular weight excluding hydrogens is 273 g/mol. The third kappa shape index (κ3) is 2.59. The van der Waals surface area contributed by atoms with Crippen LogP contribution in [-0.2, 0) is 15.8 Å². The molecule has 0 saturated heterocycles. The van der Waals surface area contributed by atoms with Gasteiger partial charge in [-0.05, 0) is 17.5 Å². The second kappa shape index (κ2) is 5.11. The highest BCUT2D eigenvalue weighted by Gasteiger charge is 2.38. The highest BCUT2D eigenvalue weighted by Crippen LogP contribution is 2.39. The standard InChI is InChI=1S/C14H11F3O3/c15-14(16,17)11-4-2-1-3-9(11)8-5-12(19)10(7-18)13(20)6-8/h1-4,7-8,18H,5-6H2. The van der Waals surface area contributed by atoms with Crippen molar-refractivity contribution < 1.29 is 27.9 Å². The summed E-state index contributed by atoms with van der Waals surface area (Å²) in [6, 6.07) is 4.91. The van der Waals surface area contributed by atoms with Crippen molar-refractivity contribution in [1.82, 2.24) is 0 Å². The van der Waals surface area contributed by atoms with E-state index in [4.69, 9.17) is 5.11 Å². The molecular formula is C14H11F3O3. The molecule has 0 aliphatic heterocycles. The van der Waals surface area contributed by atoms with Crippen LogP contribution in [0.2, 0.25) is 0 Å². The Kier molecular flexibility index (Phi) is 3.65. The predicted octanol–water partition coefficient (Wildman–Crippen LogP) is 3.16. The highest BCUT2D eigenvalue weighted by molar-refractivity contribution is 6.22. The molecule has 0 bridgehead atoms. The third-order valence-corrected chi connectivity index (χ3v) is 3.30. The summed E-state index contributed by atoms with van der Waals surface area (Å²) < 4.78 is 38.8. The number of hydrogen-bond donors (Lipinski definition) is 1. The van der Waals surface area contributed by atoms with Gasteiger partial charge in [0.2, 0.25) is 0 Å². The van der Waals surface area contributed by atoms with Crippen molar-refractivity contribution in [3.8, 4) is 0 Å². The molecule has 0 amide bonds. The molecule has 0 atom stereocenters. The summed E-state index contributed by atoms with van der Waals surface area (Å²) in [7, 11) is 0. The SMILES string of the molecule is O=C1CC(c2ccccc2C(F)(F)F)CC(=O)C1=CO. The molecule has 3 nitrogen and oxygen atoms in total. The normalized spacial score (nSPS) is 20.1. The van der Waals surface area contributed by atoms with Crippen LogP contribution in [0.15, 0.2) is 36.1 Å². The first kappa shape index (κ1) is 14.3. The van der Waals surface area contributed by atoms with Gasteiger partial charge < -0.3 is 5.11 Å². The highest BCUT2D eigenvalue weighted by atomic mass is 19.4. The van der Waals surface area contributed by atoms with Gasteiger partial charge in [-0.1, -0.05) is 18.2 Å². The van der Waals surface area contributed by atoms with Gasteiger partial charge in [0, 0.05) is 12.8 Å². The lowest BCUT2D eigenvalue weighted by Crippen LogP contribution is -2.26. The van der Waals surface area contributed by atoms with Gasteiger partial charge in [-0.15, -0.1) is 0 Å². The van der Waals surface area contributed by atoms with E-state index in [1.807, 2.05) is 0 Å². The Morgan fingerprint density at radius 3 is 2.15 bits per heavy atom. The molecule has 6 heteroatoms. The Balaban J connectivity index is 2.40. The maximum Gasteiger partial charge on any atom is 0.416 e. The minimum absolute atomic E-state index is 0.0568. The molecule has 1 aromatic rings. The number of aliphatic hydroxyl groups excluding tert-OH is 1. The third-order valence-electron chi connectivity index (χ3n) is 3.30. The van der Waals surface area contributed by atoms with Crippen LogP contribution in [-0.4, -0.2) is 16.7 Å². The van der Waals surface area contributed by atoms with Crippen molar-refractivity contribution in [3.63, 3.8) is 0 Å². The number of benzene rings is 1. The van der Waals surface area contributed by atoms with Crippen molar-refractivity contribution in [3.05, 3.63) is 47.2 Å². The molecule has 1 aromatic carbocycles. The first-order chi connectivity index (χ1) is 9.34. The fraction of sp³-hybridized carbons (Fsp3) is 0.286. The number of rotatable bonds is 1. The van der Waals surface area contributed by atoms with Gasteiger partial charge in [0.05, 0.1) is 17.4 Å². The molecule has 0 heterocycles. The van der Waals surface area contributed by atoms with Gasteiger partial charge in [-0.2, -0.15) is 13.2 Å². The zero-order valence-corrected chi connectivity index (χ0v) is 10.3. The molecule has 20 heavy (non-hydrogen) atoms. The zero-order chi connectivity index (χ0) is 14.9. The fourth-order valence-corrected chi connectivity index (χ4v) is 2.37. The van der Waals surface area contributed by atoms with E-state index >= 15 is 0 Å². The molecule has 0 aromatic heterocycles. The Bertz CT molecular complexity index is 568. The quantitative estimate of drug-likeness (QED) is 0.489. The van der Waals surface area contributed by atoms with Crippen LogP contribution >= 0.6 is 0 Å². The van der Waals surface area contributed by atoms with Gasteiger partial charge in [0.1, 0.15) is 0 Å². The smallest absolute Gasteiger partial charge is 0.416 e. The largest absolute Gasteiger partial charge is 0.515 e. The van der Waals surface area contributed by atoms with Gasteiger partial charge in [-0.3, -0.25) is 9.59 Å². The number of carbonyl (C=O) groups is 2. The second-order valence-corrected chi connectivity index (χ2v) is 4.58. The number of alkyl halides is 3. The summed E-state index contributed by atoms with van der Waals surface area (Å²) in [6.45, 7) is 0. The van der Waals surface area contributed by atoms with Gasteiger partial charge in [-0.25, -0.2) is 0 Å². The van der Waals surface area contributed by atoms with E-state index < -0.39 is 29.2 Å².